The Morgan fingerprint density at radius 2 is 0.600 bits per heavy atom. The number of carbonyl (C=O) groups excluding carboxylic acids is 2. The predicted molar refractivity (Wildman–Crippen MR) is 1370 cm³/mol. The number of Topliss-reactive ketones (excluding diaryl/α,β-unsaturated/α-hetero) is 1. The largest absolute Gasteiger partial charge is 0.448 e. The molecule has 2 atom stereocenters. The third-order valence-electron chi connectivity index (χ3n) is 12.0. The Kier molecular flexibility index (Phi) is 144. The van der Waals surface area contributed by atoms with Crippen LogP contribution in [0.25, 0.3) is 0 Å². The number of carbonyl (C=O) groups is 2. The van der Waals surface area contributed by atoms with E-state index in [4.69, 9.17) is 14.6 Å². The van der Waals surface area contributed by atoms with Crippen LogP contribution in [-0.4, -0.2) is 63.4 Å². The summed E-state index contributed by atoms with van der Waals surface area (Å²) in [5, 5.41) is 5.19. The topological polar surface area (TPSA) is 239 Å². The molecule has 6 aromatic rings. The molecule has 0 saturated carbocycles. The number of nitrogens with two attached hydrogens (primary N) is 1. The van der Waals surface area contributed by atoms with Crippen LogP contribution in [0, 0.1) is 11.6 Å². The van der Waals surface area contributed by atoms with Crippen LogP contribution in [0.2, 0.25) is 0 Å². The molecule has 2 aliphatic rings. The zero-order valence-electron chi connectivity index (χ0n) is 63.9. The van der Waals surface area contributed by atoms with E-state index in [0.29, 0.717) is 51.3 Å². The van der Waals surface area contributed by atoms with E-state index in [-0.39, 0.29) is 67.7 Å². The van der Waals surface area contributed by atoms with E-state index in [1.54, 1.807) is 19.4 Å². The van der Waals surface area contributed by atoms with Gasteiger partial charge in [0.25, 0.3) is 20.0 Å². The third kappa shape index (κ3) is 71.8. The quantitative estimate of drug-likeness (QED) is 0.0238. The molecule has 16 nitrogen and oxygen atoms in total. The van der Waals surface area contributed by atoms with Crippen LogP contribution < -0.4 is 42.9 Å². The minimum Gasteiger partial charge on any atom is -0.448 e. The Bertz CT molecular complexity index is 5130. The number of ether oxygens (including phenoxy) is 1. The number of nitrogens with zero attached hydrogens (tertiary/aromatic N) is 4. The van der Waals surface area contributed by atoms with Gasteiger partial charge in [0.15, 0.2) is 11.6 Å². The Morgan fingerprint density at radius 1 is 0.359 bits per heavy atom. The van der Waals surface area contributed by atoms with Crippen molar-refractivity contribution in [3.63, 3.8) is 0 Å². The molecule has 906 valence electrons. The summed E-state index contributed by atoms with van der Waals surface area (Å²) >= 11 is 141. The fourth-order valence-electron chi connectivity index (χ4n) is 7.17. The molecule has 4 N–H and O–H groups in total. The summed E-state index contributed by atoms with van der Waals surface area (Å²) in [5.41, 5.74) is 7.97. The summed E-state index contributed by atoms with van der Waals surface area (Å²) in [6.45, 7) is 2.18. The summed E-state index contributed by atoms with van der Waals surface area (Å²) in [4.78, 5) is 31.8. The van der Waals surface area contributed by atoms with E-state index in [1.807, 2.05) is 60.7 Å². The molecule has 4 aromatic carbocycles. The van der Waals surface area contributed by atoms with Gasteiger partial charge in [-0.25, -0.2) is 23.5 Å². The normalized spacial score (nSPS) is 17.2. The Morgan fingerprint density at radius 3 is 0.841 bits per heavy atom. The van der Waals surface area contributed by atoms with Crippen molar-refractivity contribution in [2.24, 2.45) is 14.5 Å². The molecule has 0 spiro atoms. The summed E-state index contributed by atoms with van der Waals surface area (Å²) in [6, 6.07) is 25.9. The molecule has 0 amide bonds. The van der Waals surface area contributed by atoms with Crippen molar-refractivity contribution in [2.45, 2.75) is 41.4 Å². The van der Waals surface area contributed by atoms with Crippen LogP contribution in [0.4, 0.5) is 20.2 Å². The molecule has 2 unspecified atom stereocenters. The van der Waals surface area contributed by atoms with Crippen molar-refractivity contribution in [3.05, 3.63) is 157 Å². The fraction of sp³-hybridized carbons (Fsp3) is 0.171. The molecule has 2 aliphatic heterocycles. The first kappa shape index (κ1) is 192. The molecule has 0 aliphatic carbocycles. The number of sulfonamides is 2. The first-order valence-corrected chi connectivity index (χ1v) is 548. The average Bonchev–Trinajstić information content (AvgIpc) is 1.73. The van der Waals surface area contributed by atoms with Crippen molar-refractivity contribution >= 4 is 1160 Å². The van der Waals surface area contributed by atoms with E-state index in [0.717, 1.165) is 35.4 Å². The number of rotatable bonds is 50. The van der Waals surface area contributed by atoms with Crippen molar-refractivity contribution in [1.29, 1.82) is 0 Å². The zero-order valence-corrected chi connectivity index (χ0v) is 247. The molecule has 2 aromatic heterocycles. The number of benzene rings is 4. The smallest absolute Gasteiger partial charge is 0.286 e. The van der Waals surface area contributed by atoms with E-state index >= 15 is 0 Å². The Hall–Kier alpha value is 54.4. The standard InChI is InChI=1S/C20H16FN3O4S.C11H12N2O.C10H9FN2O4S.I57.I27/c21-14-6-8-16-18(12-14)29(26,27)24-19(23-16)17(25)9-7-15(20-22-10-11-28-20)13-4-2-1-3-5-13;12-8-10(11-13-6-7-14-11)9-4-2-1-3-5-9;1-2-17-10(14)9-12-7-4-3-6(11)5-8(7)18(15,16)13-9;1-30-32(4)34(6)36(8)38(10)40(12)42(14)44(16)46(18)48(20)50(22)52(24)54(26)56(28)57(29)55(27)53(25)51(23)49(21)47(19)45(17)43(15)41(13)39(11)37(9)35(7)33(5)31(2)3;1-15-17(4)19(6)21(8)23(10)25(12)27(14)26(13)24(11)22(9)20(7)18(5)16(2)3/h1-6,8,10-12,15H,7,9H2,(H,23,24);1-7,10H,8,12H2;3-5H,2H2,1H3,(H,12,13);;/q;;;2*-1. The number of nitrogens with one attached hydrogen (secondary N) is 2. The van der Waals surface area contributed by atoms with Gasteiger partial charge in [0.2, 0.25) is 17.6 Å². The number of anilines is 2. The van der Waals surface area contributed by atoms with Gasteiger partial charge in [0, 0.05) is 13.0 Å². The summed E-state index contributed by atoms with van der Waals surface area (Å²) in [5.74, 6) is -2.53. The van der Waals surface area contributed by atoms with Crippen LogP contribution in [0.1, 0.15) is 54.5 Å². The SMILES string of the molecule is CCOC(=O)C1=NS(=O)(=O)c2cc(F)ccc2N1.I[I-]I(I)I(I)I(I)I(I)I(I)I(I)I(I)I(I)I(I)I(I)I(I)I(I)I.I[I-]I(I)I(I)I(I)I(I)I(I)I(I)I(I)I(I)I(I)I(I)I(I)I(I)I(I)I(I)I(I)I(I)I(I)I(I)I(I)I(I)I(I)I(I)I(I)I(I)I(I)I(I)I(I)I.NCC(c1ccccc1)c1ncco1.O=C(CCC(c1ccccc1)c1ncco1)C1=NS(=O)(=O)c2cc(F)ccc2N1. The fourth-order valence-corrected chi connectivity index (χ4v) is 15100. The number of hydrogen-bond acceptors (Lipinski definition) is 14. The van der Waals surface area contributed by atoms with Crippen LogP contribution in [0.3, 0.4) is 0 Å². The monoisotopic (exact) mass is 11500 g/mol. The van der Waals surface area contributed by atoms with E-state index in [2.05, 4.69) is 835 Å². The molecule has 8 rings (SSSR count). The molecular weight excluding hydrogens is 11500 g/mol. The van der Waals surface area contributed by atoms with E-state index < -0.39 is 341 Å². The number of ketones is 1. The van der Waals surface area contributed by atoms with Gasteiger partial charge in [0.1, 0.15) is 34.0 Å². The predicted octanol–water partition coefficient (Wildman–Crippen LogP) is 72.8. The number of oxazole rings is 2. The van der Waals surface area contributed by atoms with Gasteiger partial charge in [-0.3, -0.25) is 4.79 Å². The maximum atomic E-state index is 13.4. The van der Waals surface area contributed by atoms with Crippen LogP contribution >= 0.6 is 1110 Å². The van der Waals surface area contributed by atoms with Gasteiger partial charge in [-0.05, 0) is 60.9 Å². The van der Waals surface area contributed by atoms with Gasteiger partial charge in [0.05, 0.1) is 42.2 Å². The number of aromatic nitrogens is 2. The maximum Gasteiger partial charge on any atom is 0.286 e. The number of hydrogen-bond donors (Lipinski definition) is 3. The van der Waals surface area contributed by atoms with Crippen molar-refractivity contribution in [2.75, 3.05) is 23.8 Å². The molecular formula is C41H37F2I84N7O9S2-2. The molecule has 0 radical (unpaired) electrons. The third-order valence-corrected chi connectivity index (χ3v) is 6290. The Labute approximate surface area is 1410 Å². The maximum absolute atomic E-state index is 13.4. The summed E-state index contributed by atoms with van der Waals surface area (Å²) in [7, 11) is -28.1. The minimum atomic E-state index is -4.16. The first-order chi connectivity index (χ1) is 67.5. The van der Waals surface area contributed by atoms with Gasteiger partial charge in [-0.15, -0.1) is 8.80 Å². The molecule has 145 heavy (non-hydrogen) atoms. The van der Waals surface area contributed by atoms with Gasteiger partial charge in [-0.1, -0.05) is 60.7 Å². The zero-order chi connectivity index (χ0) is 111. The summed E-state index contributed by atoms with van der Waals surface area (Å²) < 4.78 is 96.6. The van der Waals surface area contributed by atoms with Gasteiger partial charge >= 0.3 is 1140 Å². The van der Waals surface area contributed by atoms with Crippen LogP contribution in [-0.2, 0) is 34.4 Å². The van der Waals surface area contributed by atoms with Crippen LogP contribution in [0.5, 0.6) is 0 Å². The van der Waals surface area contributed by atoms with E-state index in [1.165, 1.54) is 24.6 Å². The second-order valence-electron chi connectivity index (χ2n) is 19.4. The average molecular weight is 11500 g/mol. The molecule has 0 saturated heterocycles. The van der Waals surface area contributed by atoms with E-state index in [9.17, 15) is 35.2 Å². The summed E-state index contributed by atoms with van der Waals surface area (Å²) in [6.07, 6.45) is 6.56. The Balaban J connectivity index is 0.000000413. The van der Waals surface area contributed by atoms with Crippen molar-refractivity contribution in [1.82, 2.24) is 9.97 Å². The second kappa shape index (κ2) is 109. The van der Waals surface area contributed by atoms with Crippen molar-refractivity contribution in [3.8, 4) is 0 Å². The van der Waals surface area contributed by atoms with Gasteiger partial charge in [-0.2, -0.15) is 16.8 Å². The minimum absolute atomic E-state index is 0.0137. The van der Waals surface area contributed by atoms with Gasteiger partial charge < -0.3 is 29.9 Å². The number of amidine groups is 2. The van der Waals surface area contributed by atoms with Crippen molar-refractivity contribution < 1.29 is 75.3 Å². The molecule has 104 heteroatoms. The first-order valence-electron chi connectivity index (χ1n) is 30.1. The molecule has 0 bridgehead atoms. The molecule has 4 heterocycles. The number of halogens is 86. The molecule has 0 fully saturated rings. The van der Waals surface area contributed by atoms with Crippen LogP contribution in [0.15, 0.2) is 149 Å². The second-order valence-corrected chi connectivity index (χ2v) is 1960. The number of esters is 1. The number of fused-ring (bicyclic) bond motifs is 2.